The van der Waals surface area contributed by atoms with E-state index in [9.17, 15) is 4.79 Å². The quantitative estimate of drug-likeness (QED) is 0.429. The summed E-state index contributed by atoms with van der Waals surface area (Å²) in [4.78, 5) is 19.1. The van der Waals surface area contributed by atoms with E-state index in [0.29, 0.717) is 23.7 Å². The molecular formula is C26H32N6O3. The molecule has 3 N–H and O–H groups in total. The fourth-order valence-corrected chi connectivity index (χ4v) is 4.68. The Bertz CT molecular complexity index is 1180. The maximum absolute atomic E-state index is 12.1. The smallest absolute Gasteiger partial charge is 0.271 e. The Hall–Kier alpha value is -3.30. The summed E-state index contributed by atoms with van der Waals surface area (Å²) in [7, 11) is 0. The minimum atomic E-state index is -0.623. The van der Waals surface area contributed by atoms with Crippen LogP contribution in [0.2, 0.25) is 0 Å². The lowest BCUT2D eigenvalue weighted by Gasteiger charge is -2.33. The van der Waals surface area contributed by atoms with E-state index in [2.05, 4.69) is 25.4 Å². The lowest BCUT2D eigenvalue weighted by molar-refractivity contribution is -0.0575. The van der Waals surface area contributed by atoms with Crippen molar-refractivity contribution in [3.05, 3.63) is 42.2 Å². The molecular weight excluding hydrogens is 444 g/mol. The molecule has 35 heavy (non-hydrogen) atoms. The maximum atomic E-state index is 12.1. The minimum absolute atomic E-state index is 0.00136. The fraction of sp³-hybridized carbons (Fsp3) is 0.462. The molecule has 2 fully saturated rings. The third kappa shape index (κ3) is 5.36. The number of ether oxygens (including phenoxy) is 2. The van der Waals surface area contributed by atoms with Crippen molar-refractivity contribution in [2.75, 3.05) is 38.2 Å². The fourth-order valence-electron chi connectivity index (χ4n) is 4.68. The van der Waals surface area contributed by atoms with Crippen molar-refractivity contribution in [2.45, 2.75) is 44.8 Å². The van der Waals surface area contributed by atoms with Gasteiger partial charge in [-0.15, -0.1) is 10.2 Å². The number of rotatable bonds is 10. The van der Waals surface area contributed by atoms with Gasteiger partial charge in [0, 0.05) is 42.4 Å². The largest absolute Gasteiger partial charge is 0.478 e. The molecule has 1 amide bonds. The standard InChI is InChI=1S/C26H32N6O3/c1-17(22-9-14-34-22)29-24-20-15-18(5-7-21(20)30-31-25(24)26(27)33)19-6-8-23(28-16-19)35-13-4-12-32-10-2-3-11-32/h5-8,15-17,22H,2-4,9-14H2,1H3,(H2,27,33)(H,29,30). The van der Waals surface area contributed by atoms with E-state index in [0.717, 1.165) is 42.5 Å². The van der Waals surface area contributed by atoms with Crippen molar-refractivity contribution >= 4 is 22.5 Å². The number of pyridine rings is 1. The highest BCUT2D eigenvalue weighted by atomic mass is 16.5. The Morgan fingerprint density at radius 2 is 2.03 bits per heavy atom. The molecule has 1 aromatic carbocycles. The van der Waals surface area contributed by atoms with Crippen LogP contribution in [-0.2, 0) is 4.74 Å². The van der Waals surface area contributed by atoms with Gasteiger partial charge in [0.25, 0.3) is 5.91 Å². The Kier molecular flexibility index (Phi) is 7.06. The first-order chi connectivity index (χ1) is 17.1. The van der Waals surface area contributed by atoms with Gasteiger partial charge >= 0.3 is 0 Å². The summed E-state index contributed by atoms with van der Waals surface area (Å²) in [5.41, 5.74) is 8.88. The number of likely N-dealkylation sites (tertiary alicyclic amines) is 1. The van der Waals surface area contributed by atoms with Crippen LogP contribution in [-0.4, -0.2) is 71.0 Å². The van der Waals surface area contributed by atoms with Gasteiger partial charge in [-0.3, -0.25) is 4.79 Å². The first-order valence-corrected chi connectivity index (χ1v) is 12.4. The van der Waals surface area contributed by atoms with Crippen LogP contribution in [0, 0.1) is 0 Å². The monoisotopic (exact) mass is 476 g/mol. The van der Waals surface area contributed by atoms with Gasteiger partial charge in [0.05, 0.1) is 23.9 Å². The van der Waals surface area contributed by atoms with Gasteiger partial charge in [-0.1, -0.05) is 6.07 Å². The Morgan fingerprint density at radius 3 is 2.71 bits per heavy atom. The molecule has 2 aromatic heterocycles. The molecule has 0 saturated carbocycles. The normalized spacial score (nSPS) is 18.8. The topological polar surface area (TPSA) is 115 Å². The average molecular weight is 477 g/mol. The molecule has 9 heteroatoms. The molecule has 2 atom stereocenters. The summed E-state index contributed by atoms with van der Waals surface area (Å²) >= 11 is 0. The number of aromatic nitrogens is 3. The molecule has 2 aliphatic heterocycles. The second-order valence-electron chi connectivity index (χ2n) is 9.29. The first-order valence-electron chi connectivity index (χ1n) is 12.4. The number of nitrogens with one attached hydrogen (secondary N) is 1. The van der Waals surface area contributed by atoms with Crippen molar-refractivity contribution in [3.63, 3.8) is 0 Å². The maximum Gasteiger partial charge on any atom is 0.271 e. The Balaban J connectivity index is 1.33. The number of nitrogens with zero attached hydrogens (tertiary/aromatic N) is 4. The highest BCUT2D eigenvalue weighted by Crippen LogP contribution is 2.31. The van der Waals surface area contributed by atoms with Gasteiger partial charge in [0.15, 0.2) is 5.69 Å². The summed E-state index contributed by atoms with van der Waals surface area (Å²) in [5.74, 6) is -0.00329. The van der Waals surface area contributed by atoms with Crippen molar-refractivity contribution in [1.82, 2.24) is 20.1 Å². The van der Waals surface area contributed by atoms with E-state index in [1.54, 1.807) is 6.20 Å². The summed E-state index contributed by atoms with van der Waals surface area (Å²) in [5, 5.41) is 12.5. The molecule has 0 bridgehead atoms. The third-order valence-corrected chi connectivity index (χ3v) is 6.79. The van der Waals surface area contributed by atoms with Crippen molar-refractivity contribution in [1.29, 1.82) is 0 Å². The first kappa shape index (κ1) is 23.4. The summed E-state index contributed by atoms with van der Waals surface area (Å²) < 4.78 is 11.4. The number of benzene rings is 1. The average Bonchev–Trinajstić information content (AvgIpc) is 3.34. The lowest BCUT2D eigenvalue weighted by Crippen LogP contribution is -2.41. The van der Waals surface area contributed by atoms with Gasteiger partial charge < -0.3 is 25.4 Å². The number of hydrogen-bond acceptors (Lipinski definition) is 8. The van der Waals surface area contributed by atoms with Crippen LogP contribution in [0.25, 0.3) is 22.0 Å². The lowest BCUT2D eigenvalue weighted by atomic mass is 10.0. The van der Waals surface area contributed by atoms with Gasteiger partial charge in [-0.25, -0.2) is 4.98 Å². The molecule has 184 valence electrons. The zero-order valence-electron chi connectivity index (χ0n) is 20.1. The van der Waals surface area contributed by atoms with Crippen LogP contribution >= 0.6 is 0 Å². The summed E-state index contributed by atoms with van der Waals surface area (Å²) in [6.07, 6.45) is 6.48. The van der Waals surface area contributed by atoms with Crippen molar-refractivity contribution < 1.29 is 14.3 Å². The van der Waals surface area contributed by atoms with E-state index in [1.165, 1.54) is 25.9 Å². The number of hydrogen-bond donors (Lipinski definition) is 2. The van der Waals surface area contributed by atoms with Gasteiger partial charge in [0.2, 0.25) is 5.88 Å². The molecule has 0 spiro atoms. The zero-order valence-corrected chi connectivity index (χ0v) is 20.1. The van der Waals surface area contributed by atoms with Crippen LogP contribution in [0.3, 0.4) is 0 Å². The summed E-state index contributed by atoms with van der Waals surface area (Å²) in [6, 6.07) is 9.73. The number of anilines is 1. The predicted molar refractivity (Wildman–Crippen MR) is 135 cm³/mol. The van der Waals surface area contributed by atoms with Crippen LogP contribution in [0.4, 0.5) is 5.69 Å². The molecule has 5 rings (SSSR count). The Morgan fingerprint density at radius 1 is 1.23 bits per heavy atom. The second kappa shape index (κ2) is 10.5. The Labute approximate surface area is 205 Å². The van der Waals surface area contributed by atoms with Crippen LogP contribution < -0.4 is 15.8 Å². The minimum Gasteiger partial charge on any atom is -0.478 e. The molecule has 4 heterocycles. The molecule has 2 aliphatic rings. The molecule has 3 aromatic rings. The van der Waals surface area contributed by atoms with E-state index < -0.39 is 5.91 Å². The van der Waals surface area contributed by atoms with E-state index >= 15 is 0 Å². The zero-order chi connectivity index (χ0) is 24.2. The van der Waals surface area contributed by atoms with Gasteiger partial charge in [-0.05, 0) is 69.5 Å². The summed E-state index contributed by atoms with van der Waals surface area (Å²) in [6.45, 7) is 6.92. The molecule has 0 radical (unpaired) electrons. The van der Waals surface area contributed by atoms with Gasteiger partial charge in [-0.2, -0.15) is 0 Å². The molecule has 0 aliphatic carbocycles. The van der Waals surface area contributed by atoms with Crippen LogP contribution in [0.1, 0.15) is 43.1 Å². The number of primary amides is 1. The van der Waals surface area contributed by atoms with Crippen LogP contribution in [0.15, 0.2) is 36.5 Å². The van der Waals surface area contributed by atoms with Crippen LogP contribution in [0.5, 0.6) is 5.88 Å². The SMILES string of the molecule is CC(Nc1c(C(N)=O)nnc2ccc(-c3ccc(OCCCN4CCCC4)nc3)cc12)C1CCO1. The molecule has 9 nitrogen and oxygen atoms in total. The number of carbonyl (C=O) groups is 1. The highest BCUT2D eigenvalue weighted by molar-refractivity contribution is 6.05. The van der Waals surface area contributed by atoms with E-state index in [-0.39, 0.29) is 17.8 Å². The number of carbonyl (C=O) groups excluding carboxylic acids is 1. The number of amides is 1. The molecule has 2 saturated heterocycles. The molecule has 2 unspecified atom stereocenters. The van der Waals surface area contributed by atoms with Crippen molar-refractivity contribution in [3.8, 4) is 17.0 Å². The predicted octanol–water partition coefficient (Wildman–Crippen LogP) is 3.24. The third-order valence-electron chi connectivity index (χ3n) is 6.79. The van der Waals surface area contributed by atoms with E-state index in [1.807, 2.05) is 37.3 Å². The second-order valence-corrected chi connectivity index (χ2v) is 9.29. The van der Waals surface area contributed by atoms with Crippen molar-refractivity contribution in [2.24, 2.45) is 5.73 Å². The van der Waals surface area contributed by atoms with E-state index in [4.69, 9.17) is 15.2 Å². The number of fused-ring (bicyclic) bond motifs is 1. The highest BCUT2D eigenvalue weighted by Gasteiger charge is 2.27. The van der Waals surface area contributed by atoms with Gasteiger partial charge in [0.1, 0.15) is 0 Å². The number of nitrogens with two attached hydrogens (primary N) is 1.